The number of nitrogens with one attached hydrogen (secondary N) is 2. The Morgan fingerprint density at radius 3 is 2.38 bits per heavy atom. The summed E-state index contributed by atoms with van der Waals surface area (Å²) in [6.45, 7) is 8.43. The first-order valence-corrected chi connectivity index (χ1v) is 9.58. The second-order valence-corrected chi connectivity index (χ2v) is 7.25. The number of aromatic nitrogens is 2. The van der Waals surface area contributed by atoms with Crippen LogP contribution in [0.5, 0.6) is 0 Å². The monoisotopic (exact) mass is 389 g/mol. The third-order valence-electron chi connectivity index (χ3n) is 4.88. The van der Waals surface area contributed by atoms with Gasteiger partial charge in [0, 0.05) is 29.6 Å². The summed E-state index contributed by atoms with van der Waals surface area (Å²) in [6.07, 6.45) is 0. The number of anilines is 1. The van der Waals surface area contributed by atoms with Gasteiger partial charge in [-0.05, 0) is 57.5 Å². The largest absolute Gasteiger partial charge is 0.326 e. The average molecular weight is 390 g/mol. The molecule has 0 aliphatic heterocycles. The van der Waals surface area contributed by atoms with E-state index < -0.39 is 0 Å². The smallest absolute Gasteiger partial charge is 0.257 e. The summed E-state index contributed by atoms with van der Waals surface area (Å²) >= 11 is 0. The van der Waals surface area contributed by atoms with Gasteiger partial charge in [-0.3, -0.25) is 14.8 Å². The highest BCUT2D eigenvalue weighted by molar-refractivity contribution is 6.09. The van der Waals surface area contributed by atoms with Crippen LogP contribution in [0.25, 0.3) is 0 Å². The van der Waals surface area contributed by atoms with E-state index in [1.54, 1.807) is 0 Å². The molecule has 0 radical (unpaired) electrons. The fourth-order valence-electron chi connectivity index (χ4n) is 3.06. The Hall–Kier alpha value is -3.41. The number of benzene rings is 2. The van der Waals surface area contributed by atoms with Crippen molar-refractivity contribution < 1.29 is 4.79 Å². The van der Waals surface area contributed by atoms with Crippen molar-refractivity contribution >= 4 is 17.6 Å². The summed E-state index contributed by atoms with van der Waals surface area (Å²) in [5.74, 6) is 0.201. The fraction of sp³-hybridized carbons (Fsp3) is 0.261. The van der Waals surface area contributed by atoms with Crippen molar-refractivity contribution in [3.8, 4) is 0 Å². The highest BCUT2D eigenvalue weighted by Gasteiger charge is 2.12. The molecule has 0 spiro atoms. The Morgan fingerprint density at radius 1 is 1.03 bits per heavy atom. The van der Waals surface area contributed by atoms with Crippen molar-refractivity contribution in [3.63, 3.8) is 0 Å². The van der Waals surface area contributed by atoms with Crippen LogP contribution >= 0.6 is 0 Å². The van der Waals surface area contributed by atoms with Crippen LogP contribution in [0.1, 0.15) is 38.4 Å². The fourth-order valence-corrected chi connectivity index (χ4v) is 3.06. The average Bonchev–Trinajstić information content (AvgIpc) is 2.92. The zero-order valence-electron chi connectivity index (χ0n) is 17.6. The molecule has 0 aliphatic rings. The van der Waals surface area contributed by atoms with Crippen molar-refractivity contribution in [2.24, 2.45) is 12.0 Å². The minimum atomic E-state index is -0.205. The molecule has 6 heteroatoms. The summed E-state index contributed by atoms with van der Waals surface area (Å²) < 4.78 is 1.85. The summed E-state index contributed by atoms with van der Waals surface area (Å²) in [7, 11) is 1.92. The van der Waals surface area contributed by atoms with Crippen LogP contribution in [0, 0.1) is 27.7 Å². The normalized spacial score (nSPS) is 11.4. The number of hydrogen-bond donors (Lipinski definition) is 2. The van der Waals surface area contributed by atoms with E-state index in [4.69, 9.17) is 0 Å². The van der Waals surface area contributed by atoms with Gasteiger partial charge < -0.3 is 5.32 Å². The lowest BCUT2D eigenvalue weighted by atomic mass is 10.1. The summed E-state index contributed by atoms with van der Waals surface area (Å²) in [5.41, 5.74) is 6.74. The van der Waals surface area contributed by atoms with E-state index in [0.29, 0.717) is 18.1 Å². The van der Waals surface area contributed by atoms with Gasteiger partial charge in [0.2, 0.25) is 5.96 Å². The number of carbonyl (C=O) groups is 1. The number of aryl methyl sites for hydroxylation is 4. The van der Waals surface area contributed by atoms with Crippen LogP contribution in [-0.2, 0) is 13.6 Å². The van der Waals surface area contributed by atoms with Gasteiger partial charge in [0.15, 0.2) is 0 Å². The quantitative estimate of drug-likeness (QED) is 0.522. The topological polar surface area (TPSA) is 71.3 Å². The Labute approximate surface area is 171 Å². The standard InChI is InChI=1S/C23H27N5O/c1-15-9-11-19(12-10-15)22(29)26-23(25-20-8-6-7-16(2)13-20)24-14-21-17(3)27-28(5)18(21)4/h6-13H,14H2,1-5H3,(H2,24,25,26,29). The van der Waals surface area contributed by atoms with Gasteiger partial charge in [0.1, 0.15) is 0 Å². The highest BCUT2D eigenvalue weighted by Crippen LogP contribution is 2.14. The Balaban J connectivity index is 1.86. The first kappa shape index (κ1) is 20.3. The van der Waals surface area contributed by atoms with Crippen LogP contribution in [0.2, 0.25) is 0 Å². The molecule has 150 valence electrons. The number of carbonyl (C=O) groups excluding carboxylic acids is 1. The second kappa shape index (κ2) is 8.73. The van der Waals surface area contributed by atoms with Crippen LogP contribution in [-0.4, -0.2) is 21.6 Å². The van der Waals surface area contributed by atoms with Crippen molar-refractivity contribution in [2.75, 3.05) is 5.32 Å². The van der Waals surface area contributed by atoms with Crippen LogP contribution in [0.3, 0.4) is 0 Å². The first-order valence-electron chi connectivity index (χ1n) is 9.58. The number of aliphatic imine (C=N–C) groups is 1. The van der Waals surface area contributed by atoms with Gasteiger partial charge in [-0.15, -0.1) is 0 Å². The number of rotatable bonds is 4. The van der Waals surface area contributed by atoms with Crippen molar-refractivity contribution in [2.45, 2.75) is 34.2 Å². The molecule has 0 unspecified atom stereocenters. The van der Waals surface area contributed by atoms with E-state index in [-0.39, 0.29) is 5.91 Å². The molecular weight excluding hydrogens is 362 g/mol. The predicted octanol–water partition coefficient (Wildman–Crippen LogP) is 4.05. The zero-order valence-corrected chi connectivity index (χ0v) is 17.6. The second-order valence-electron chi connectivity index (χ2n) is 7.25. The molecule has 3 rings (SSSR count). The molecule has 6 nitrogen and oxygen atoms in total. The number of hydrogen-bond acceptors (Lipinski definition) is 3. The SMILES string of the molecule is Cc1ccc(C(=O)NC(=NCc2c(C)nn(C)c2C)Nc2cccc(C)c2)cc1. The summed E-state index contributed by atoms with van der Waals surface area (Å²) in [6, 6.07) is 15.4. The molecule has 0 saturated carbocycles. The predicted molar refractivity (Wildman–Crippen MR) is 117 cm³/mol. The molecule has 0 bridgehead atoms. The van der Waals surface area contributed by atoms with E-state index in [2.05, 4.69) is 20.7 Å². The molecule has 0 fully saturated rings. The van der Waals surface area contributed by atoms with E-state index in [9.17, 15) is 4.79 Å². The van der Waals surface area contributed by atoms with Gasteiger partial charge in [-0.25, -0.2) is 4.99 Å². The van der Waals surface area contributed by atoms with Crippen LogP contribution in [0.4, 0.5) is 5.69 Å². The van der Waals surface area contributed by atoms with E-state index in [0.717, 1.165) is 33.8 Å². The lowest BCUT2D eigenvalue weighted by Gasteiger charge is -2.13. The maximum absolute atomic E-state index is 12.7. The molecule has 2 N–H and O–H groups in total. The maximum Gasteiger partial charge on any atom is 0.257 e. The van der Waals surface area contributed by atoms with Crippen molar-refractivity contribution in [1.82, 2.24) is 15.1 Å². The minimum absolute atomic E-state index is 0.205. The molecule has 1 heterocycles. The molecule has 0 aliphatic carbocycles. The van der Waals surface area contributed by atoms with Gasteiger partial charge in [0.05, 0.1) is 12.2 Å². The Bertz CT molecular complexity index is 1050. The van der Waals surface area contributed by atoms with Gasteiger partial charge in [-0.1, -0.05) is 29.8 Å². The molecule has 3 aromatic rings. The highest BCUT2D eigenvalue weighted by atomic mass is 16.1. The third kappa shape index (κ3) is 5.10. The van der Waals surface area contributed by atoms with Crippen molar-refractivity contribution in [1.29, 1.82) is 0 Å². The minimum Gasteiger partial charge on any atom is -0.326 e. The lowest BCUT2D eigenvalue weighted by Crippen LogP contribution is -2.36. The number of nitrogens with zero attached hydrogens (tertiary/aromatic N) is 3. The van der Waals surface area contributed by atoms with Gasteiger partial charge in [-0.2, -0.15) is 5.10 Å². The van der Waals surface area contributed by atoms with Gasteiger partial charge >= 0.3 is 0 Å². The van der Waals surface area contributed by atoms with E-state index >= 15 is 0 Å². The summed E-state index contributed by atoms with van der Waals surface area (Å²) in [5, 5.41) is 10.6. The summed E-state index contributed by atoms with van der Waals surface area (Å²) in [4.78, 5) is 17.4. The molecule has 29 heavy (non-hydrogen) atoms. The number of amides is 1. The third-order valence-corrected chi connectivity index (χ3v) is 4.88. The molecule has 0 atom stereocenters. The maximum atomic E-state index is 12.7. The lowest BCUT2D eigenvalue weighted by molar-refractivity contribution is 0.0977. The first-order chi connectivity index (χ1) is 13.8. The molecule has 0 saturated heterocycles. The van der Waals surface area contributed by atoms with Crippen LogP contribution < -0.4 is 10.6 Å². The zero-order chi connectivity index (χ0) is 21.0. The van der Waals surface area contributed by atoms with Crippen LogP contribution in [0.15, 0.2) is 53.5 Å². The Morgan fingerprint density at radius 2 is 1.76 bits per heavy atom. The number of guanidine groups is 1. The van der Waals surface area contributed by atoms with E-state index in [1.807, 2.05) is 88.0 Å². The Kier molecular flexibility index (Phi) is 6.12. The molecule has 1 amide bonds. The molecule has 2 aromatic carbocycles. The van der Waals surface area contributed by atoms with Gasteiger partial charge in [0.25, 0.3) is 5.91 Å². The van der Waals surface area contributed by atoms with Crippen molar-refractivity contribution in [3.05, 3.63) is 82.2 Å². The molecular formula is C23H27N5O. The van der Waals surface area contributed by atoms with E-state index in [1.165, 1.54) is 0 Å². The molecule has 1 aromatic heterocycles.